The van der Waals surface area contributed by atoms with Crippen LogP contribution in [0, 0.1) is 47.3 Å². The molecule has 1 heteroatoms. The van der Waals surface area contributed by atoms with E-state index in [0.29, 0.717) is 6.10 Å². The van der Waals surface area contributed by atoms with E-state index in [1.807, 2.05) is 0 Å². The van der Waals surface area contributed by atoms with E-state index in [2.05, 4.69) is 13.8 Å². The Morgan fingerprint density at radius 2 is 1.44 bits per heavy atom. The maximum absolute atomic E-state index is 5.89. The first kappa shape index (κ1) is 10.7. The molecular weight excluding hydrogens is 220 g/mol. The lowest BCUT2D eigenvalue weighted by Gasteiger charge is -2.39. The van der Waals surface area contributed by atoms with E-state index in [1.165, 1.54) is 19.3 Å². The molecule has 0 N–H and O–H groups in total. The van der Waals surface area contributed by atoms with E-state index < -0.39 is 0 Å². The fourth-order valence-electron chi connectivity index (χ4n) is 7.36. The van der Waals surface area contributed by atoms with Crippen molar-refractivity contribution in [2.75, 3.05) is 0 Å². The Morgan fingerprint density at radius 3 is 2.17 bits per heavy atom. The molecule has 0 spiro atoms. The van der Waals surface area contributed by atoms with Crippen LogP contribution in [0.2, 0.25) is 0 Å². The van der Waals surface area contributed by atoms with Gasteiger partial charge in [-0.2, -0.15) is 0 Å². The normalized spacial score (nSPS) is 67.0. The van der Waals surface area contributed by atoms with Crippen LogP contribution in [0.15, 0.2) is 0 Å². The van der Waals surface area contributed by atoms with Gasteiger partial charge in [0.25, 0.3) is 0 Å². The predicted molar refractivity (Wildman–Crippen MR) is 71.0 cm³/mol. The molecule has 2 bridgehead atoms. The Kier molecular flexibility index (Phi) is 1.99. The molecule has 0 aromatic carbocycles. The first-order chi connectivity index (χ1) is 8.83. The summed E-state index contributed by atoms with van der Waals surface area (Å²) in [7, 11) is 0. The van der Waals surface area contributed by atoms with Gasteiger partial charge in [0.1, 0.15) is 0 Å². The van der Waals surface area contributed by atoms with Crippen molar-refractivity contribution in [3.05, 3.63) is 0 Å². The molecule has 0 aromatic heterocycles. The highest BCUT2D eigenvalue weighted by Gasteiger charge is 2.71. The zero-order valence-corrected chi connectivity index (χ0v) is 11.7. The first-order valence-corrected chi connectivity index (χ1v) is 8.48. The van der Waals surface area contributed by atoms with Crippen LogP contribution >= 0.6 is 0 Å². The summed E-state index contributed by atoms with van der Waals surface area (Å²) in [6.45, 7) is 4.88. The van der Waals surface area contributed by atoms with Crippen LogP contribution in [-0.2, 0) is 4.74 Å². The largest absolute Gasteiger partial charge is 0.369 e. The highest BCUT2D eigenvalue weighted by Crippen LogP contribution is 2.72. The minimum atomic E-state index is 0.712. The molecule has 18 heavy (non-hydrogen) atoms. The van der Waals surface area contributed by atoms with E-state index >= 15 is 0 Å². The van der Waals surface area contributed by atoms with Gasteiger partial charge in [0.15, 0.2) is 0 Å². The summed E-state index contributed by atoms with van der Waals surface area (Å²) in [5, 5.41) is 0. The van der Waals surface area contributed by atoms with Gasteiger partial charge in [-0.15, -0.1) is 0 Å². The van der Waals surface area contributed by atoms with Crippen LogP contribution in [0.3, 0.4) is 0 Å². The third-order valence-corrected chi connectivity index (χ3v) is 7.76. The SMILES string of the molecule is CCC1CC(CC)C2C3CC(C4CC5OC5C43)C12. The van der Waals surface area contributed by atoms with Gasteiger partial charge in [0, 0.05) is 0 Å². The highest BCUT2D eigenvalue weighted by atomic mass is 16.6. The zero-order valence-electron chi connectivity index (χ0n) is 11.7. The third kappa shape index (κ3) is 1.06. The molecule has 1 heterocycles. The van der Waals surface area contributed by atoms with Gasteiger partial charge in [0.2, 0.25) is 0 Å². The fourth-order valence-corrected chi connectivity index (χ4v) is 7.36. The second-order valence-corrected chi connectivity index (χ2v) is 7.91. The molecule has 1 aliphatic heterocycles. The number of hydrogen-bond acceptors (Lipinski definition) is 1. The summed E-state index contributed by atoms with van der Waals surface area (Å²) in [6.07, 6.45) is 8.91. The van der Waals surface area contributed by atoms with Crippen molar-refractivity contribution in [3.8, 4) is 0 Å². The van der Waals surface area contributed by atoms with E-state index in [9.17, 15) is 0 Å². The minimum Gasteiger partial charge on any atom is -0.369 e. The zero-order chi connectivity index (χ0) is 12.0. The van der Waals surface area contributed by atoms with Crippen LogP contribution in [0.25, 0.3) is 0 Å². The third-order valence-electron chi connectivity index (χ3n) is 7.76. The number of hydrogen-bond donors (Lipinski definition) is 0. The average Bonchev–Trinajstić information content (AvgIpc) is 2.77. The molecule has 1 nitrogen and oxygen atoms in total. The second-order valence-electron chi connectivity index (χ2n) is 7.91. The first-order valence-electron chi connectivity index (χ1n) is 8.48. The highest BCUT2D eigenvalue weighted by molar-refractivity contribution is 5.18. The number of epoxide rings is 1. The predicted octanol–water partition coefficient (Wildman–Crippen LogP) is 3.73. The van der Waals surface area contributed by atoms with E-state index in [4.69, 9.17) is 4.74 Å². The molecule has 0 amide bonds. The lowest BCUT2D eigenvalue weighted by atomic mass is 9.66. The molecule has 5 fully saturated rings. The van der Waals surface area contributed by atoms with Gasteiger partial charge in [-0.1, -0.05) is 26.7 Å². The maximum atomic E-state index is 5.89. The summed E-state index contributed by atoms with van der Waals surface area (Å²) in [5.74, 6) is 8.66. The van der Waals surface area contributed by atoms with Gasteiger partial charge in [-0.3, -0.25) is 0 Å². The van der Waals surface area contributed by atoms with Gasteiger partial charge in [0.05, 0.1) is 12.2 Å². The van der Waals surface area contributed by atoms with E-state index in [-0.39, 0.29) is 0 Å². The second kappa shape index (κ2) is 3.34. The van der Waals surface area contributed by atoms with Crippen molar-refractivity contribution in [1.29, 1.82) is 0 Å². The molecule has 0 aromatic rings. The molecule has 5 rings (SSSR count). The van der Waals surface area contributed by atoms with Crippen LogP contribution in [-0.4, -0.2) is 12.2 Å². The van der Waals surface area contributed by atoms with Crippen LogP contribution < -0.4 is 0 Å². The van der Waals surface area contributed by atoms with E-state index in [1.54, 1.807) is 12.8 Å². The van der Waals surface area contributed by atoms with Crippen LogP contribution in [0.5, 0.6) is 0 Å². The van der Waals surface area contributed by atoms with Crippen molar-refractivity contribution in [2.24, 2.45) is 47.3 Å². The van der Waals surface area contributed by atoms with Crippen LogP contribution in [0.4, 0.5) is 0 Å². The number of fused-ring (bicyclic) bond motifs is 10. The van der Waals surface area contributed by atoms with Crippen molar-refractivity contribution >= 4 is 0 Å². The lowest BCUT2D eigenvalue weighted by Crippen LogP contribution is -2.36. The Labute approximate surface area is 111 Å². The van der Waals surface area contributed by atoms with Gasteiger partial charge < -0.3 is 4.74 Å². The smallest absolute Gasteiger partial charge is 0.0875 e. The molecule has 4 aliphatic carbocycles. The Balaban J connectivity index is 1.51. The Hall–Kier alpha value is -0.0400. The molecule has 0 radical (unpaired) electrons. The molecule has 10 unspecified atom stereocenters. The molecule has 1 saturated heterocycles. The van der Waals surface area contributed by atoms with Crippen molar-refractivity contribution < 1.29 is 4.74 Å². The minimum absolute atomic E-state index is 0.712. The summed E-state index contributed by atoms with van der Waals surface area (Å²) in [5.41, 5.74) is 0. The van der Waals surface area contributed by atoms with E-state index in [0.717, 1.165) is 53.4 Å². The topological polar surface area (TPSA) is 12.5 Å². The maximum Gasteiger partial charge on any atom is 0.0875 e. The summed E-state index contributed by atoms with van der Waals surface area (Å²) >= 11 is 0. The molecule has 100 valence electrons. The van der Waals surface area contributed by atoms with Crippen molar-refractivity contribution in [2.45, 2.75) is 58.2 Å². The van der Waals surface area contributed by atoms with Crippen molar-refractivity contribution in [1.82, 2.24) is 0 Å². The van der Waals surface area contributed by atoms with Gasteiger partial charge >= 0.3 is 0 Å². The van der Waals surface area contributed by atoms with Gasteiger partial charge in [-0.05, 0) is 66.6 Å². The fraction of sp³-hybridized carbons (Fsp3) is 1.00. The molecule has 5 aliphatic rings. The Morgan fingerprint density at radius 1 is 0.778 bits per heavy atom. The summed E-state index contributed by atoms with van der Waals surface area (Å²) in [6, 6.07) is 0. The summed E-state index contributed by atoms with van der Waals surface area (Å²) in [4.78, 5) is 0. The quantitative estimate of drug-likeness (QED) is 0.676. The summed E-state index contributed by atoms with van der Waals surface area (Å²) < 4.78 is 5.89. The Bertz CT molecular complexity index is 378. The molecular formula is C17H26O. The average molecular weight is 246 g/mol. The van der Waals surface area contributed by atoms with Crippen LogP contribution in [0.1, 0.15) is 46.0 Å². The monoisotopic (exact) mass is 246 g/mol. The number of rotatable bonds is 2. The lowest BCUT2D eigenvalue weighted by molar-refractivity contribution is 0.0528. The molecule has 4 saturated carbocycles. The van der Waals surface area contributed by atoms with Gasteiger partial charge in [-0.25, -0.2) is 0 Å². The standard InChI is InChI=1S/C17H26O/c1-3-8-5-9(4-2)15-12-6-10(14(8)15)11-7-13-17(18-13)16(11)12/h8-17H,3-7H2,1-2H3. The number of ether oxygens (including phenoxy) is 1. The van der Waals surface area contributed by atoms with Crippen molar-refractivity contribution in [3.63, 3.8) is 0 Å². The molecule has 10 atom stereocenters.